The molecule has 0 spiro atoms. The van der Waals surface area contributed by atoms with E-state index in [9.17, 15) is 0 Å². The molecule has 0 N–H and O–H groups in total. The van der Waals surface area contributed by atoms with E-state index in [0.29, 0.717) is 6.61 Å². The normalized spacial score (nSPS) is 10.2. The number of ether oxygens (including phenoxy) is 1. The van der Waals surface area contributed by atoms with Crippen molar-refractivity contribution >= 4 is 6.08 Å². The average molecular weight is 174 g/mol. The predicted molar refractivity (Wildman–Crippen MR) is 56.8 cm³/mol. The average Bonchev–Trinajstić information content (AvgIpc) is 2.19. The van der Waals surface area contributed by atoms with Gasteiger partial charge in [-0.05, 0) is 13.0 Å². The molecule has 0 aromatic heterocycles. The van der Waals surface area contributed by atoms with Gasteiger partial charge in [-0.15, -0.1) is 0 Å². The first-order chi connectivity index (χ1) is 6.38. The SMILES string of the molecule is C=Cc1ccccc1OCC=CC. The second-order valence-electron chi connectivity index (χ2n) is 2.62. The highest BCUT2D eigenvalue weighted by atomic mass is 16.5. The lowest BCUT2D eigenvalue weighted by molar-refractivity contribution is 0.362. The third-order valence-electron chi connectivity index (χ3n) is 1.71. The van der Waals surface area contributed by atoms with Gasteiger partial charge in [-0.25, -0.2) is 0 Å². The zero-order valence-electron chi connectivity index (χ0n) is 7.86. The molecule has 0 amide bonds. The predicted octanol–water partition coefficient (Wildman–Crippen LogP) is 3.28. The van der Waals surface area contributed by atoms with E-state index in [4.69, 9.17) is 4.74 Å². The van der Waals surface area contributed by atoms with Crippen LogP contribution in [0.2, 0.25) is 0 Å². The molecule has 1 nitrogen and oxygen atoms in total. The summed E-state index contributed by atoms with van der Waals surface area (Å²) in [5.41, 5.74) is 1.03. The largest absolute Gasteiger partial charge is 0.489 e. The Kier molecular flexibility index (Phi) is 3.83. The van der Waals surface area contributed by atoms with Crippen LogP contribution in [0.1, 0.15) is 12.5 Å². The van der Waals surface area contributed by atoms with Crippen molar-refractivity contribution in [2.24, 2.45) is 0 Å². The molecule has 68 valence electrons. The molecule has 0 atom stereocenters. The highest BCUT2D eigenvalue weighted by Gasteiger charge is 1.96. The summed E-state index contributed by atoms with van der Waals surface area (Å²) in [5, 5.41) is 0. The summed E-state index contributed by atoms with van der Waals surface area (Å²) in [5.74, 6) is 0.885. The van der Waals surface area contributed by atoms with E-state index in [2.05, 4.69) is 6.58 Å². The van der Waals surface area contributed by atoms with Gasteiger partial charge in [-0.2, -0.15) is 0 Å². The fourth-order valence-electron chi connectivity index (χ4n) is 1.01. The number of benzene rings is 1. The number of hydrogen-bond acceptors (Lipinski definition) is 1. The zero-order chi connectivity index (χ0) is 9.52. The number of para-hydroxylation sites is 1. The van der Waals surface area contributed by atoms with Crippen LogP contribution in [0.15, 0.2) is 43.0 Å². The van der Waals surface area contributed by atoms with Crippen LogP contribution in [0, 0.1) is 0 Å². The van der Waals surface area contributed by atoms with Gasteiger partial charge < -0.3 is 4.74 Å². The van der Waals surface area contributed by atoms with Gasteiger partial charge in [0, 0.05) is 5.56 Å². The van der Waals surface area contributed by atoms with Crippen LogP contribution >= 0.6 is 0 Å². The Balaban J connectivity index is 2.69. The van der Waals surface area contributed by atoms with Crippen molar-refractivity contribution in [1.29, 1.82) is 0 Å². The van der Waals surface area contributed by atoms with Gasteiger partial charge in [-0.1, -0.05) is 43.0 Å². The molecular weight excluding hydrogens is 160 g/mol. The number of rotatable bonds is 4. The molecule has 0 unspecified atom stereocenters. The summed E-state index contributed by atoms with van der Waals surface area (Å²) in [6, 6.07) is 7.86. The van der Waals surface area contributed by atoms with E-state index in [1.807, 2.05) is 43.3 Å². The molecule has 1 aromatic rings. The Morgan fingerprint density at radius 2 is 2.15 bits per heavy atom. The Morgan fingerprint density at radius 1 is 1.38 bits per heavy atom. The van der Waals surface area contributed by atoms with Crippen molar-refractivity contribution in [1.82, 2.24) is 0 Å². The van der Waals surface area contributed by atoms with Gasteiger partial charge in [0.05, 0.1) is 0 Å². The summed E-state index contributed by atoms with van der Waals surface area (Å²) in [7, 11) is 0. The molecule has 0 bridgehead atoms. The lowest BCUT2D eigenvalue weighted by Gasteiger charge is -2.05. The van der Waals surface area contributed by atoms with Gasteiger partial charge in [-0.3, -0.25) is 0 Å². The maximum absolute atomic E-state index is 5.51. The number of allylic oxidation sites excluding steroid dienone is 1. The minimum atomic E-state index is 0.612. The van der Waals surface area contributed by atoms with Crippen LogP contribution in [-0.2, 0) is 0 Å². The Morgan fingerprint density at radius 3 is 2.85 bits per heavy atom. The van der Waals surface area contributed by atoms with Crippen LogP contribution in [0.25, 0.3) is 6.08 Å². The van der Waals surface area contributed by atoms with Crippen molar-refractivity contribution < 1.29 is 4.74 Å². The lowest BCUT2D eigenvalue weighted by atomic mass is 10.2. The first-order valence-electron chi connectivity index (χ1n) is 4.34. The van der Waals surface area contributed by atoms with E-state index >= 15 is 0 Å². The molecule has 0 heterocycles. The third kappa shape index (κ3) is 2.79. The molecule has 1 rings (SSSR count). The summed E-state index contributed by atoms with van der Waals surface area (Å²) in [6.45, 7) is 6.31. The van der Waals surface area contributed by atoms with Gasteiger partial charge >= 0.3 is 0 Å². The molecule has 1 aromatic carbocycles. The summed E-state index contributed by atoms with van der Waals surface area (Å²) in [6.07, 6.45) is 5.74. The van der Waals surface area contributed by atoms with Crippen LogP contribution in [0.4, 0.5) is 0 Å². The lowest BCUT2D eigenvalue weighted by Crippen LogP contribution is -1.94. The number of hydrogen-bond donors (Lipinski definition) is 0. The molecule has 0 aliphatic carbocycles. The van der Waals surface area contributed by atoms with Gasteiger partial charge in [0.15, 0.2) is 0 Å². The highest BCUT2D eigenvalue weighted by Crippen LogP contribution is 2.18. The van der Waals surface area contributed by atoms with Gasteiger partial charge in [0.1, 0.15) is 12.4 Å². The molecule has 0 aliphatic heterocycles. The molecule has 0 aliphatic rings. The van der Waals surface area contributed by atoms with Crippen molar-refractivity contribution in [2.75, 3.05) is 6.61 Å². The quantitative estimate of drug-likeness (QED) is 0.636. The third-order valence-corrected chi connectivity index (χ3v) is 1.71. The molecule has 1 heteroatoms. The summed E-state index contributed by atoms with van der Waals surface area (Å²) in [4.78, 5) is 0. The Hall–Kier alpha value is -1.50. The summed E-state index contributed by atoms with van der Waals surface area (Å²) < 4.78 is 5.51. The van der Waals surface area contributed by atoms with E-state index < -0.39 is 0 Å². The minimum absolute atomic E-state index is 0.612. The van der Waals surface area contributed by atoms with Crippen molar-refractivity contribution in [3.63, 3.8) is 0 Å². The molecule has 0 saturated carbocycles. The molecular formula is C12H14O. The highest BCUT2D eigenvalue weighted by molar-refractivity contribution is 5.55. The zero-order valence-corrected chi connectivity index (χ0v) is 7.86. The molecule has 0 radical (unpaired) electrons. The van der Waals surface area contributed by atoms with E-state index in [-0.39, 0.29) is 0 Å². The summed E-state index contributed by atoms with van der Waals surface area (Å²) >= 11 is 0. The first kappa shape index (κ1) is 9.59. The van der Waals surface area contributed by atoms with Crippen molar-refractivity contribution in [3.05, 3.63) is 48.6 Å². The standard InChI is InChI=1S/C12H14O/c1-3-5-10-13-12-9-7-6-8-11(12)4-2/h3-9H,2,10H2,1H3. The molecule has 0 saturated heterocycles. The molecule has 0 fully saturated rings. The van der Waals surface area contributed by atoms with Crippen LogP contribution < -0.4 is 4.74 Å². The van der Waals surface area contributed by atoms with Crippen molar-refractivity contribution in [3.8, 4) is 5.75 Å². The monoisotopic (exact) mass is 174 g/mol. The first-order valence-corrected chi connectivity index (χ1v) is 4.34. The fourth-order valence-corrected chi connectivity index (χ4v) is 1.01. The van der Waals surface area contributed by atoms with Gasteiger partial charge in [0.25, 0.3) is 0 Å². The van der Waals surface area contributed by atoms with E-state index in [0.717, 1.165) is 11.3 Å². The topological polar surface area (TPSA) is 9.23 Å². The second-order valence-corrected chi connectivity index (χ2v) is 2.62. The maximum Gasteiger partial charge on any atom is 0.126 e. The van der Waals surface area contributed by atoms with Crippen molar-refractivity contribution in [2.45, 2.75) is 6.92 Å². The Bertz CT molecular complexity index is 300. The van der Waals surface area contributed by atoms with E-state index in [1.54, 1.807) is 6.08 Å². The fraction of sp³-hybridized carbons (Fsp3) is 0.167. The van der Waals surface area contributed by atoms with E-state index in [1.165, 1.54) is 0 Å². The van der Waals surface area contributed by atoms with Crippen LogP contribution in [-0.4, -0.2) is 6.61 Å². The maximum atomic E-state index is 5.51. The van der Waals surface area contributed by atoms with Gasteiger partial charge in [0.2, 0.25) is 0 Å². The minimum Gasteiger partial charge on any atom is -0.489 e. The Labute approximate surface area is 79.4 Å². The molecule has 13 heavy (non-hydrogen) atoms. The smallest absolute Gasteiger partial charge is 0.126 e. The van der Waals surface area contributed by atoms with Crippen LogP contribution in [0.3, 0.4) is 0 Å². The second kappa shape index (κ2) is 5.20. The van der Waals surface area contributed by atoms with Crippen LogP contribution in [0.5, 0.6) is 5.75 Å².